The van der Waals surface area contributed by atoms with E-state index in [4.69, 9.17) is 0 Å². The van der Waals surface area contributed by atoms with Crippen LogP contribution in [-0.4, -0.2) is 36.5 Å². The number of carbonyl (C=O) groups excluding carboxylic acids is 1. The van der Waals surface area contributed by atoms with Gasteiger partial charge in [-0.15, -0.1) is 0 Å². The van der Waals surface area contributed by atoms with Crippen LogP contribution in [0.2, 0.25) is 0 Å². The van der Waals surface area contributed by atoms with Crippen LogP contribution in [0.1, 0.15) is 27.7 Å². The Balaban J connectivity index is 2.73. The molecule has 0 saturated carbocycles. The van der Waals surface area contributed by atoms with Crippen molar-refractivity contribution in [2.45, 2.75) is 33.7 Å². The maximum absolute atomic E-state index is 12.0. The molecule has 1 rings (SSSR count). The fraction of sp³-hybridized carbons (Fsp3) is 0.727. The number of hydrogen-bond donors (Lipinski definition) is 1. The summed E-state index contributed by atoms with van der Waals surface area (Å²) in [4.78, 5) is 13.9. The topological polar surface area (TPSA) is 32.3 Å². The summed E-state index contributed by atoms with van der Waals surface area (Å²) in [6, 6.07) is 0.311. The number of nitrogens with one attached hydrogen (secondary N) is 1. The molecule has 0 aliphatic carbocycles. The predicted molar refractivity (Wildman–Crippen MR) is 58.1 cm³/mol. The number of allylic oxidation sites excluding steroid dienone is 1. The summed E-state index contributed by atoms with van der Waals surface area (Å²) >= 11 is 0. The summed E-state index contributed by atoms with van der Waals surface area (Å²) in [5, 5.41) is 3.28. The van der Waals surface area contributed by atoms with Crippen molar-refractivity contribution in [2.75, 3.05) is 19.6 Å². The Bertz CT molecular complexity index is 254. The lowest BCUT2D eigenvalue weighted by Crippen LogP contribution is -2.52. The van der Waals surface area contributed by atoms with Crippen molar-refractivity contribution in [2.24, 2.45) is 0 Å². The molecule has 0 radical (unpaired) electrons. The van der Waals surface area contributed by atoms with Crippen molar-refractivity contribution in [3.05, 3.63) is 11.1 Å². The van der Waals surface area contributed by atoms with E-state index in [-0.39, 0.29) is 5.91 Å². The molecule has 14 heavy (non-hydrogen) atoms. The summed E-state index contributed by atoms with van der Waals surface area (Å²) in [5.41, 5.74) is 2.00. The Hall–Kier alpha value is -0.830. The van der Waals surface area contributed by atoms with E-state index in [1.165, 1.54) is 0 Å². The fourth-order valence-electron chi connectivity index (χ4n) is 1.57. The van der Waals surface area contributed by atoms with Crippen molar-refractivity contribution in [1.29, 1.82) is 0 Å². The molecule has 1 N–H and O–H groups in total. The molecule has 1 aliphatic heterocycles. The molecule has 1 heterocycles. The van der Waals surface area contributed by atoms with Gasteiger partial charge in [0.1, 0.15) is 0 Å². The van der Waals surface area contributed by atoms with E-state index >= 15 is 0 Å². The van der Waals surface area contributed by atoms with Crippen molar-refractivity contribution in [1.82, 2.24) is 10.2 Å². The van der Waals surface area contributed by atoms with E-state index in [9.17, 15) is 4.79 Å². The number of amides is 1. The monoisotopic (exact) mass is 196 g/mol. The number of piperazine rings is 1. The second-order valence-corrected chi connectivity index (χ2v) is 4.18. The Morgan fingerprint density at radius 3 is 2.50 bits per heavy atom. The molecule has 3 nitrogen and oxygen atoms in total. The van der Waals surface area contributed by atoms with E-state index in [2.05, 4.69) is 12.2 Å². The molecule has 0 aromatic carbocycles. The molecular formula is C11H20N2O. The minimum absolute atomic E-state index is 0.194. The smallest absolute Gasteiger partial charge is 0.249 e. The highest BCUT2D eigenvalue weighted by molar-refractivity contribution is 5.93. The Morgan fingerprint density at radius 1 is 1.36 bits per heavy atom. The van der Waals surface area contributed by atoms with Gasteiger partial charge in [-0.25, -0.2) is 0 Å². The number of nitrogens with zero attached hydrogens (tertiary/aromatic N) is 1. The normalized spacial score (nSPS) is 22.0. The molecule has 0 unspecified atom stereocenters. The second-order valence-electron chi connectivity index (χ2n) is 4.18. The van der Waals surface area contributed by atoms with Crippen molar-refractivity contribution >= 4 is 5.91 Å². The lowest BCUT2D eigenvalue weighted by atomic mass is 10.1. The minimum atomic E-state index is 0.194. The number of hydrogen-bond acceptors (Lipinski definition) is 2. The molecule has 0 aromatic rings. The van der Waals surface area contributed by atoms with Gasteiger partial charge in [-0.3, -0.25) is 4.79 Å². The molecule has 1 atom stereocenters. The van der Waals surface area contributed by atoms with Gasteiger partial charge < -0.3 is 10.2 Å². The first-order valence-electron chi connectivity index (χ1n) is 5.19. The molecule has 0 spiro atoms. The van der Waals surface area contributed by atoms with Crippen LogP contribution in [-0.2, 0) is 4.79 Å². The van der Waals surface area contributed by atoms with Crippen LogP contribution in [0.15, 0.2) is 11.1 Å². The Kier molecular flexibility index (Phi) is 3.69. The molecule has 1 saturated heterocycles. The van der Waals surface area contributed by atoms with Gasteiger partial charge in [-0.2, -0.15) is 0 Å². The highest BCUT2D eigenvalue weighted by Gasteiger charge is 2.23. The third-order valence-corrected chi connectivity index (χ3v) is 2.83. The van der Waals surface area contributed by atoms with Crippen LogP contribution in [0.25, 0.3) is 0 Å². The van der Waals surface area contributed by atoms with E-state index < -0.39 is 0 Å². The fourth-order valence-corrected chi connectivity index (χ4v) is 1.57. The van der Waals surface area contributed by atoms with Crippen LogP contribution >= 0.6 is 0 Å². The van der Waals surface area contributed by atoms with E-state index in [1.54, 1.807) is 0 Å². The largest absolute Gasteiger partial charge is 0.334 e. The average molecular weight is 196 g/mol. The first-order chi connectivity index (χ1) is 6.54. The van der Waals surface area contributed by atoms with Gasteiger partial charge in [0.25, 0.3) is 0 Å². The van der Waals surface area contributed by atoms with E-state index in [0.29, 0.717) is 6.04 Å². The van der Waals surface area contributed by atoms with E-state index in [1.807, 2.05) is 25.7 Å². The minimum Gasteiger partial charge on any atom is -0.334 e. The van der Waals surface area contributed by atoms with Crippen molar-refractivity contribution in [3.63, 3.8) is 0 Å². The summed E-state index contributed by atoms with van der Waals surface area (Å²) in [6.07, 6.45) is 0. The predicted octanol–water partition coefficient (Wildman–Crippen LogP) is 1.16. The highest BCUT2D eigenvalue weighted by Crippen LogP contribution is 2.11. The van der Waals surface area contributed by atoms with Crippen LogP contribution in [0.3, 0.4) is 0 Å². The SMILES string of the molecule is CC(C)=C(C)C(=O)N1CCNC[C@H]1C. The van der Waals surface area contributed by atoms with Gasteiger partial charge in [0.15, 0.2) is 0 Å². The first-order valence-corrected chi connectivity index (χ1v) is 5.19. The van der Waals surface area contributed by atoms with Crippen LogP contribution in [0.4, 0.5) is 0 Å². The zero-order valence-electron chi connectivity index (χ0n) is 9.55. The summed E-state index contributed by atoms with van der Waals surface area (Å²) in [5.74, 6) is 0.194. The molecule has 0 bridgehead atoms. The summed E-state index contributed by atoms with van der Waals surface area (Å²) in [7, 11) is 0. The van der Waals surface area contributed by atoms with Gasteiger partial charge in [0.2, 0.25) is 5.91 Å². The Labute approximate surface area is 86.2 Å². The van der Waals surface area contributed by atoms with Crippen molar-refractivity contribution < 1.29 is 4.79 Å². The molecule has 80 valence electrons. The Morgan fingerprint density at radius 2 is 2.00 bits per heavy atom. The van der Waals surface area contributed by atoms with Crippen LogP contribution in [0.5, 0.6) is 0 Å². The lowest BCUT2D eigenvalue weighted by molar-refractivity contribution is -0.129. The van der Waals surface area contributed by atoms with Gasteiger partial charge >= 0.3 is 0 Å². The zero-order chi connectivity index (χ0) is 10.7. The summed E-state index contributed by atoms with van der Waals surface area (Å²) < 4.78 is 0. The standard InChI is InChI=1S/C11H20N2O/c1-8(2)10(4)11(14)13-6-5-12-7-9(13)3/h9,12H,5-7H2,1-4H3/t9-/m1/s1. The third kappa shape index (κ3) is 2.35. The second kappa shape index (κ2) is 4.60. The maximum atomic E-state index is 12.0. The van der Waals surface area contributed by atoms with Gasteiger partial charge in [-0.1, -0.05) is 5.57 Å². The highest BCUT2D eigenvalue weighted by atomic mass is 16.2. The molecule has 0 aromatic heterocycles. The lowest BCUT2D eigenvalue weighted by Gasteiger charge is -2.34. The van der Waals surface area contributed by atoms with Crippen LogP contribution in [0, 0.1) is 0 Å². The molecule has 1 aliphatic rings. The molecule has 1 fully saturated rings. The zero-order valence-corrected chi connectivity index (χ0v) is 9.55. The third-order valence-electron chi connectivity index (χ3n) is 2.83. The van der Waals surface area contributed by atoms with E-state index in [0.717, 1.165) is 30.8 Å². The van der Waals surface area contributed by atoms with Crippen LogP contribution < -0.4 is 5.32 Å². The quantitative estimate of drug-likeness (QED) is 0.638. The molecule has 3 heteroatoms. The number of rotatable bonds is 1. The van der Waals surface area contributed by atoms with Gasteiger partial charge in [0.05, 0.1) is 0 Å². The van der Waals surface area contributed by atoms with Gasteiger partial charge in [-0.05, 0) is 27.7 Å². The van der Waals surface area contributed by atoms with Gasteiger partial charge in [0, 0.05) is 31.2 Å². The first kappa shape index (κ1) is 11.2. The average Bonchev–Trinajstić information content (AvgIpc) is 2.16. The summed E-state index contributed by atoms with van der Waals surface area (Å²) in [6.45, 7) is 10.6. The van der Waals surface area contributed by atoms with Crippen molar-refractivity contribution in [3.8, 4) is 0 Å². The maximum Gasteiger partial charge on any atom is 0.249 e. The molecule has 1 amide bonds. The number of carbonyl (C=O) groups is 1. The molecular weight excluding hydrogens is 176 g/mol.